The van der Waals surface area contributed by atoms with Crippen molar-refractivity contribution >= 4 is 40.6 Å². The maximum absolute atomic E-state index is 14.8. The van der Waals surface area contributed by atoms with Gasteiger partial charge in [-0.2, -0.15) is 0 Å². The molecule has 2 aromatic rings. The van der Waals surface area contributed by atoms with Gasteiger partial charge in [-0.25, -0.2) is 4.68 Å². The summed E-state index contributed by atoms with van der Waals surface area (Å²) in [5.41, 5.74) is 1.50. The summed E-state index contributed by atoms with van der Waals surface area (Å²) < 4.78 is 5.81. The number of thioether (sulfide) groups is 1. The van der Waals surface area contributed by atoms with E-state index in [0.29, 0.717) is 24.8 Å². The molecule has 1 N–H and O–H groups in total. The Hall–Kier alpha value is -3.18. The molecule has 41 heavy (non-hydrogen) atoms. The zero-order valence-corrected chi connectivity index (χ0v) is 24.8. The predicted octanol–water partition coefficient (Wildman–Crippen LogP) is 3.02. The summed E-state index contributed by atoms with van der Waals surface area (Å²) in [5, 5.41) is 19.1. The first-order chi connectivity index (χ1) is 19.7. The first kappa shape index (κ1) is 29.3. The van der Waals surface area contributed by atoms with Crippen LogP contribution in [0.2, 0.25) is 0 Å². The predicted molar refractivity (Wildman–Crippen MR) is 156 cm³/mol. The van der Waals surface area contributed by atoms with E-state index >= 15 is 0 Å². The van der Waals surface area contributed by atoms with Crippen LogP contribution in [0.15, 0.2) is 49.6 Å². The molecule has 2 amide bonds. The van der Waals surface area contributed by atoms with Gasteiger partial charge >= 0.3 is 5.97 Å². The normalized spacial score (nSPS) is 29.8. The van der Waals surface area contributed by atoms with Crippen molar-refractivity contribution in [3.63, 3.8) is 0 Å². The van der Waals surface area contributed by atoms with Crippen LogP contribution in [0.3, 0.4) is 0 Å². The van der Waals surface area contributed by atoms with E-state index < -0.39 is 39.4 Å². The van der Waals surface area contributed by atoms with Gasteiger partial charge in [0.25, 0.3) is 0 Å². The highest BCUT2D eigenvalue weighted by Crippen LogP contribution is 2.72. The topological polar surface area (TPSA) is 118 Å². The van der Waals surface area contributed by atoms with E-state index in [-0.39, 0.29) is 44.2 Å². The minimum absolute atomic E-state index is 0.0567. The lowest BCUT2D eigenvalue weighted by Gasteiger charge is -2.41. The first-order valence-electron chi connectivity index (χ1n) is 14.3. The number of para-hydroxylation sites is 1. The molecule has 11 heteroatoms. The largest absolute Gasteiger partial charge is 0.461 e. The Balaban J connectivity index is 1.59. The Morgan fingerprint density at radius 3 is 2.73 bits per heavy atom. The number of ether oxygens (including phenoxy) is 1. The average Bonchev–Trinajstić information content (AvgIpc) is 3.67. The quantitative estimate of drug-likeness (QED) is 0.300. The summed E-state index contributed by atoms with van der Waals surface area (Å²) >= 11 is 1.58. The van der Waals surface area contributed by atoms with Crippen molar-refractivity contribution in [2.24, 2.45) is 17.8 Å². The molecule has 1 aromatic heterocycles. The van der Waals surface area contributed by atoms with Crippen LogP contribution < -0.4 is 0 Å². The van der Waals surface area contributed by atoms with Gasteiger partial charge in [-0.3, -0.25) is 14.4 Å². The van der Waals surface area contributed by atoms with Gasteiger partial charge < -0.3 is 19.6 Å². The standard InChI is InChI=1S/C30H39N5O5S/c1-6-15-33(18-34-21-12-10-9-11-20(21)31-32-34)27(38)25-30-14-13-29(5,41-30)24(28(39)40-16-7-2)23(30)26(37)35(25)22(17-36)19(4)8-3/h6-7,9-12,19,22-25,36H,1-2,8,13-18H2,3-5H3/t19-,22-,23-,24+,25?,29-,30?/m0/s1. The van der Waals surface area contributed by atoms with Crippen LogP contribution in [0.4, 0.5) is 0 Å². The molecule has 3 fully saturated rings. The van der Waals surface area contributed by atoms with Crippen molar-refractivity contribution < 1.29 is 24.2 Å². The number of likely N-dealkylation sites (tertiary alicyclic amines) is 1. The number of benzene rings is 1. The maximum Gasteiger partial charge on any atom is 0.311 e. The number of nitrogens with zero attached hydrogens (tertiary/aromatic N) is 5. The van der Waals surface area contributed by atoms with Crippen LogP contribution in [0.25, 0.3) is 11.0 Å². The second-order valence-corrected chi connectivity index (χ2v) is 13.5. The summed E-state index contributed by atoms with van der Waals surface area (Å²) in [4.78, 5) is 45.9. The second kappa shape index (κ2) is 11.2. The highest BCUT2D eigenvalue weighted by atomic mass is 32.2. The smallest absolute Gasteiger partial charge is 0.311 e. The lowest BCUT2D eigenvalue weighted by atomic mass is 9.66. The molecule has 220 valence electrons. The van der Waals surface area contributed by atoms with Gasteiger partial charge in [0.1, 0.15) is 24.8 Å². The molecule has 7 atom stereocenters. The number of carbonyl (C=O) groups excluding carboxylic acids is 3. The number of aliphatic hydroxyl groups excluding tert-OH is 1. The van der Waals surface area contributed by atoms with E-state index in [1.807, 2.05) is 45.0 Å². The molecule has 3 aliphatic rings. The van der Waals surface area contributed by atoms with E-state index in [4.69, 9.17) is 4.74 Å². The van der Waals surface area contributed by atoms with Gasteiger partial charge in [-0.1, -0.05) is 56.3 Å². The van der Waals surface area contributed by atoms with Crippen molar-refractivity contribution in [2.45, 2.75) is 68.3 Å². The summed E-state index contributed by atoms with van der Waals surface area (Å²) in [6.45, 7) is 13.6. The number of fused-ring (bicyclic) bond motifs is 2. The fourth-order valence-corrected chi connectivity index (χ4v) is 9.46. The van der Waals surface area contributed by atoms with Gasteiger partial charge in [-0.05, 0) is 37.8 Å². The molecule has 3 saturated heterocycles. The Morgan fingerprint density at radius 2 is 2.05 bits per heavy atom. The average molecular weight is 582 g/mol. The van der Waals surface area contributed by atoms with Crippen LogP contribution in [0.1, 0.15) is 40.0 Å². The van der Waals surface area contributed by atoms with E-state index in [1.165, 1.54) is 6.08 Å². The van der Waals surface area contributed by atoms with E-state index in [0.717, 1.165) is 5.52 Å². The third-order valence-electron chi connectivity index (χ3n) is 9.28. The number of hydrogen-bond acceptors (Lipinski definition) is 8. The molecular weight excluding hydrogens is 542 g/mol. The van der Waals surface area contributed by atoms with Crippen molar-refractivity contribution in [2.75, 3.05) is 19.8 Å². The summed E-state index contributed by atoms with van der Waals surface area (Å²) in [6.07, 6.45) is 5.16. The number of rotatable bonds is 12. The number of aromatic nitrogens is 3. The van der Waals surface area contributed by atoms with Crippen LogP contribution in [0, 0.1) is 17.8 Å². The molecule has 0 aliphatic carbocycles. The van der Waals surface area contributed by atoms with Crippen molar-refractivity contribution in [1.29, 1.82) is 0 Å². The number of amides is 2. The number of esters is 1. The number of aliphatic hydroxyl groups is 1. The molecule has 2 unspecified atom stereocenters. The van der Waals surface area contributed by atoms with Crippen molar-refractivity contribution in [3.8, 4) is 0 Å². The third kappa shape index (κ3) is 4.57. The third-order valence-corrected chi connectivity index (χ3v) is 11.3. The molecule has 0 radical (unpaired) electrons. The molecule has 1 aromatic carbocycles. The molecule has 1 spiro atoms. The molecule has 10 nitrogen and oxygen atoms in total. The maximum atomic E-state index is 14.8. The van der Waals surface area contributed by atoms with E-state index in [9.17, 15) is 19.5 Å². The Kier molecular flexibility index (Phi) is 8.04. The van der Waals surface area contributed by atoms with Crippen molar-refractivity contribution in [1.82, 2.24) is 24.8 Å². The zero-order chi connectivity index (χ0) is 29.5. The van der Waals surface area contributed by atoms with Crippen LogP contribution in [-0.4, -0.2) is 89.0 Å². The monoisotopic (exact) mass is 581 g/mol. The molecule has 0 saturated carbocycles. The molecular formula is C30H39N5O5S. The fraction of sp³-hybridized carbons (Fsp3) is 0.567. The van der Waals surface area contributed by atoms with Gasteiger partial charge in [0.15, 0.2) is 0 Å². The summed E-state index contributed by atoms with van der Waals surface area (Å²) in [7, 11) is 0. The first-order valence-corrected chi connectivity index (χ1v) is 15.1. The SMILES string of the molecule is C=CCOC(=O)[C@H]1[C@H]2C(=O)N([C@@H](CO)[C@@H](C)CC)C(C(=O)N(CC=C)Cn3nnc4ccccc43)C23CC[C@]1(C)S3. The fourth-order valence-electron chi connectivity index (χ4n) is 7.13. The van der Waals surface area contributed by atoms with Crippen molar-refractivity contribution in [3.05, 3.63) is 49.6 Å². The molecule has 2 bridgehead atoms. The van der Waals surface area contributed by atoms with Gasteiger partial charge in [0.05, 0.1) is 34.7 Å². The summed E-state index contributed by atoms with van der Waals surface area (Å²) in [5.74, 6) is -2.44. The minimum Gasteiger partial charge on any atom is -0.461 e. The number of hydrogen-bond donors (Lipinski definition) is 1. The van der Waals surface area contributed by atoms with Gasteiger partial charge in [0, 0.05) is 11.3 Å². The highest BCUT2D eigenvalue weighted by molar-refractivity contribution is 8.02. The van der Waals surface area contributed by atoms with Gasteiger partial charge in [-0.15, -0.1) is 23.4 Å². The lowest BCUT2D eigenvalue weighted by Crippen LogP contribution is -2.58. The molecule has 5 rings (SSSR count). The van der Waals surface area contributed by atoms with Gasteiger partial charge in [0.2, 0.25) is 11.8 Å². The van der Waals surface area contributed by atoms with E-state index in [1.54, 1.807) is 32.3 Å². The lowest BCUT2D eigenvalue weighted by molar-refractivity contribution is -0.155. The van der Waals surface area contributed by atoms with Crippen LogP contribution >= 0.6 is 11.8 Å². The number of carbonyl (C=O) groups is 3. The minimum atomic E-state index is -0.870. The molecule has 3 aliphatic heterocycles. The van der Waals surface area contributed by atoms with Crippen LogP contribution in [0.5, 0.6) is 0 Å². The molecule has 4 heterocycles. The summed E-state index contributed by atoms with van der Waals surface area (Å²) in [6, 6.07) is 6.08. The highest BCUT2D eigenvalue weighted by Gasteiger charge is 2.78. The Morgan fingerprint density at radius 1 is 1.29 bits per heavy atom. The zero-order valence-electron chi connectivity index (χ0n) is 23.9. The van der Waals surface area contributed by atoms with Crippen LogP contribution in [-0.2, 0) is 25.8 Å². The Bertz CT molecular complexity index is 1360. The Labute approximate surface area is 244 Å². The van der Waals surface area contributed by atoms with E-state index in [2.05, 4.69) is 23.5 Å². The second-order valence-electron chi connectivity index (χ2n) is 11.6.